The molecule has 2 rings (SSSR count). The molecule has 1 heterocycles. The number of rotatable bonds is 7. The first-order valence-corrected chi connectivity index (χ1v) is 7.57. The quantitative estimate of drug-likeness (QED) is 0.850. The highest BCUT2D eigenvalue weighted by atomic mass is 16.5. The van der Waals surface area contributed by atoms with E-state index in [9.17, 15) is 0 Å². The molecule has 0 bridgehead atoms. The molecule has 0 amide bonds. The lowest BCUT2D eigenvalue weighted by atomic mass is 10.0. The number of nitrogens with zero attached hydrogens (tertiary/aromatic N) is 2. The number of aryl methyl sites for hydroxylation is 2. The van der Waals surface area contributed by atoms with Crippen molar-refractivity contribution in [1.29, 1.82) is 0 Å². The standard InChI is InChI=1S/C17H25N3O/c1-5-18-15(12-17-19-9-10-20(17)6-2)14-8-7-13(3)11-16(14)21-4/h7-11,15,18H,5-6,12H2,1-4H3. The molecule has 0 radical (unpaired) electrons. The predicted molar refractivity (Wildman–Crippen MR) is 85.8 cm³/mol. The Balaban J connectivity index is 2.30. The van der Waals surface area contributed by atoms with Crippen molar-refractivity contribution in [2.24, 2.45) is 0 Å². The molecule has 0 aliphatic rings. The van der Waals surface area contributed by atoms with E-state index < -0.39 is 0 Å². The van der Waals surface area contributed by atoms with Crippen molar-refractivity contribution in [2.75, 3.05) is 13.7 Å². The van der Waals surface area contributed by atoms with Gasteiger partial charge in [0.05, 0.1) is 7.11 Å². The van der Waals surface area contributed by atoms with E-state index in [1.807, 2.05) is 12.4 Å². The first kappa shape index (κ1) is 15.6. The Bertz CT molecular complexity index is 577. The molecule has 1 aromatic heterocycles. The summed E-state index contributed by atoms with van der Waals surface area (Å²) >= 11 is 0. The number of aromatic nitrogens is 2. The fraction of sp³-hybridized carbons (Fsp3) is 0.471. The Morgan fingerprint density at radius 1 is 1.33 bits per heavy atom. The van der Waals surface area contributed by atoms with Crippen molar-refractivity contribution in [2.45, 2.75) is 39.8 Å². The maximum Gasteiger partial charge on any atom is 0.123 e. The molecule has 0 spiro atoms. The molecular weight excluding hydrogens is 262 g/mol. The molecule has 1 aromatic carbocycles. The molecule has 0 saturated carbocycles. The van der Waals surface area contributed by atoms with Gasteiger partial charge in [-0.1, -0.05) is 19.1 Å². The number of hydrogen-bond donors (Lipinski definition) is 1. The van der Waals surface area contributed by atoms with Gasteiger partial charge in [0, 0.05) is 37.0 Å². The van der Waals surface area contributed by atoms with Gasteiger partial charge in [-0.05, 0) is 32.0 Å². The summed E-state index contributed by atoms with van der Waals surface area (Å²) < 4.78 is 7.75. The van der Waals surface area contributed by atoms with Crippen LogP contribution in [0.15, 0.2) is 30.6 Å². The Morgan fingerprint density at radius 3 is 2.81 bits per heavy atom. The van der Waals surface area contributed by atoms with Crippen molar-refractivity contribution in [3.05, 3.63) is 47.5 Å². The third kappa shape index (κ3) is 3.64. The van der Waals surface area contributed by atoms with Crippen LogP contribution in [0.3, 0.4) is 0 Å². The van der Waals surface area contributed by atoms with Crippen molar-refractivity contribution in [3.8, 4) is 5.75 Å². The molecule has 1 N–H and O–H groups in total. The number of imidazole rings is 1. The van der Waals surface area contributed by atoms with Gasteiger partial charge < -0.3 is 14.6 Å². The van der Waals surface area contributed by atoms with E-state index in [2.05, 4.69) is 53.8 Å². The summed E-state index contributed by atoms with van der Waals surface area (Å²) in [5, 5.41) is 3.55. The number of nitrogens with one attached hydrogen (secondary N) is 1. The first-order valence-electron chi connectivity index (χ1n) is 7.57. The minimum absolute atomic E-state index is 0.207. The van der Waals surface area contributed by atoms with Gasteiger partial charge in [-0.3, -0.25) is 0 Å². The minimum Gasteiger partial charge on any atom is -0.496 e. The second-order valence-corrected chi connectivity index (χ2v) is 5.19. The van der Waals surface area contributed by atoms with Gasteiger partial charge in [0.1, 0.15) is 11.6 Å². The van der Waals surface area contributed by atoms with Gasteiger partial charge in [0.25, 0.3) is 0 Å². The number of ether oxygens (including phenoxy) is 1. The highest BCUT2D eigenvalue weighted by molar-refractivity contribution is 5.39. The van der Waals surface area contributed by atoms with Gasteiger partial charge >= 0.3 is 0 Å². The molecule has 114 valence electrons. The Labute approximate surface area is 127 Å². The summed E-state index contributed by atoms with van der Waals surface area (Å²) in [5.41, 5.74) is 2.40. The molecule has 0 saturated heterocycles. The topological polar surface area (TPSA) is 39.1 Å². The third-order valence-electron chi connectivity index (χ3n) is 3.74. The summed E-state index contributed by atoms with van der Waals surface area (Å²) in [5.74, 6) is 2.04. The van der Waals surface area contributed by atoms with Crippen molar-refractivity contribution in [3.63, 3.8) is 0 Å². The van der Waals surface area contributed by atoms with Gasteiger partial charge in [-0.2, -0.15) is 0 Å². The number of methoxy groups -OCH3 is 1. The number of hydrogen-bond acceptors (Lipinski definition) is 3. The molecule has 0 fully saturated rings. The summed E-state index contributed by atoms with van der Waals surface area (Å²) in [6, 6.07) is 6.58. The monoisotopic (exact) mass is 287 g/mol. The van der Waals surface area contributed by atoms with Gasteiger partial charge in [-0.15, -0.1) is 0 Å². The molecule has 2 aromatic rings. The minimum atomic E-state index is 0.207. The smallest absolute Gasteiger partial charge is 0.123 e. The van der Waals surface area contributed by atoms with Crippen LogP contribution in [-0.4, -0.2) is 23.2 Å². The van der Waals surface area contributed by atoms with E-state index in [4.69, 9.17) is 4.74 Å². The van der Waals surface area contributed by atoms with Crippen LogP contribution >= 0.6 is 0 Å². The molecule has 0 aliphatic carbocycles. The van der Waals surface area contributed by atoms with E-state index in [1.165, 1.54) is 11.1 Å². The number of likely N-dealkylation sites (N-methyl/N-ethyl adjacent to an activating group) is 1. The second kappa shape index (κ2) is 7.27. The summed E-state index contributed by atoms with van der Waals surface area (Å²) in [4.78, 5) is 4.49. The van der Waals surface area contributed by atoms with Crippen LogP contribution in [0.25, 0.3) is 0 Å². The Kier molecular flexibility index (Phi) is 5.39. The van der Waals surface area contributed by atoms with Crippen LogP contribution in [0.5, 0.6) is 5.75 Å². The van der Waals surface area contributed by atoms with Crippen molar-refractivity contribution in [1.82, 2.24) is 14.9 Å². The molecule has 21 heavy (non-hydrogen) atoms. The van der Waals surface area contributed by atoms with Crippen LogP contribution in [0.2, 0.25) is 0 Å². The lowest BCUT2D eigenvalue weighted by Gasteiger charge is -2.21. The zero-order valence-electron chi connectivity index (χ0n) is 13.4. The fourth-order valence-electron chi connectivity index (χ4n) is 2.65. The van der Waals surface area contributed by atoms with Crippen LogP contribution in [0.4, 0.5) is 0 Å². The van der Waals surface area contributed by atoms with Crippen LogP contribution < -0.4 is 10.1 Å². The normalized spacial score (nSPS) is 12.4. The molecule has 0 aliphatic heterocycles. The maximum absolute atomic E-state index is 5.56. The molecule has 4 nitrogen and oxygen atoms in total. The van der Waals surface area contributed by atoms with E-state index in [0.29, 0.717) is 0 Å². The van der Waals surface area contributed by atoms with Gasteiger partial charge in [-0.25, -0.2) is 4.98 Å². The zero-order chi connectivity index (χ0) is 15.2. The lowest BCUT2D eigenvalue weighted by molar-refractivity contribution is 0.397. The Hall–Kier alpha value is -1.81. The summed E-state index contributed by atoms with van der Waals surface area (Å²) in [7, 11) is 1.73. The molecular formula is C17H25N3O. The van der Waals surface area contributed by atoms with E-state index in [0.717, 1.165) is 31.1 Å². The second-order valence-electron chi connectivity index (χ2n) is 5.19. The average molecular weight is 287 g/mol. The fourth-order valence-corrected chi connectivity index (χ4v) is 2.65. The predicted octanol–water partition coefficient (Wildman–Crippen LogP) is 3.11. The van der Waals surface area contributed by atoms with Crippen molar-refractivity contribution < 1.29 is 4.74 Å². The largest absolute Gasteiger partial charge is 0.496 e. The highest BCUT2D eigenvalue weighted by Crippen LogP contribution is 2.28. The Morgan fingerprint density at radius 2 is 2.14 bits per heavy atom. The van der Waals surface area contributed by atoms with E-state index >= 15 is 0 Å². The molecule has 1 unspecified atom stereocenters. The van der Waals surface area contributed by atoms with Crippen LogP contribution in [0, 0.1) is 6.92 Å². The van der Waals surface area contributed by atoms with E-state index in [1.54, 1.807) is 7.11 Å². The average Bonchev–Trinajstić information content (AvgIpc) is 2.94. The van der Waals surface area contributed by atoms with Gasteiger partial charge in [0.2, 0.25) is 0 Å². The maximum atomic E-state index is 5.56. The SMILES string of the molecule is CCNC(Cc1nccn1CC)c1ccc(C)cc1OC. The zero-order valence-corrected chi connectivity index (χ0v) is 13.4. The molecule has 1 atom stereocenters. The lowest BCUT2D eigenvalue weighted by Crippen LogP contribution is -2.25. The van der Waals surface area contributed by atoms with Crippen molar-refractivity contribution >= 4 is 0 Å². The van der Waals surface area contributed by atoms with E-state index in [-0.39, 0.29) is 6.04 Å². The molecule has 4 heteroatoms. The first-order chi connectivity index (χ1) is 10.2. The number of benzene rings is 1. The van der Waals surface area contributed by atoms with Gasteiger partial charge in [0.15, 0.2) is 0 Å². The highest BCUT2D eigenvalue weighted by Gasteiger charge is 2.18. The summed E-state index contributed by atoms with van der Waals surface area (Å²) in [6.45, 7) is 8.20. The van der Waals surface area contributed by atoms with Crippen LogP contribution in [0.1, 0.15) is 36.8 Å². The third-order valence-corrected chi connectivity index (χ3v) is 3.74. The van der Waals surface area contributed by atoms with Crippen LogP contribution in [-0.2, 0) is 13.0 Å². The summed E-state index contributed by atoms with van der Waals surface area (Å²) in [6.07, 6.45) is 4.76.